The second-order valence-corrected chi connectivity index (χ2v) is 9.23. The van der Waals surface area contributed by atoms with Crippen LogP contribution in [-0.4, -0.2) is 5.84 Å². The van der Waals surface area contributed by atoms with Gasteiger partial charge in [-0.25, -0.2) is 0 Å². The molecule has 3 aromatic carbocycles. The summed E-state index contributed by atoms with van der Waals surface area (Å²) in [5, 5.41) is 11.0. The van der Waals surface area contributed by atoms with Crippen LogP contribution in [0, 0.1) is 5.41 Å². The molecule has 2 N–H and O–H groups in total. The van der Waals surface area contributed by atoms with E-state index in [0.717, 1.165) is 11.5 Å². The first-order chi connectivity index (χ1) is 13.0. The van der Waals surface area contributed by atoms with Crippen LogP contribution in [0.15, 0.2) is 96.1 Å². The summed E-state index contributed by atoms with van der Waals surface area (Å²) in [4.78, 5) is 0. The molecule has 0 aromatic heterocycles. The van der Waals surface area contributed by atoms with Gasteiger partial charge in [-0.05, 0) is 12.1 Å². The number of hydrogen-bond acceptors (Lipinski definition) is 2. The zero-order chi connectivity index (χ0) is 19.1. The first-order valence-electron chi connectivity index (χ1n) is 9.10. The van der Waals surface area contributed by atoms with Crippen LogP contribution in [0.25, 0.3) is 0 Å². The molecule has 0 saturated heterocycles. The van der Waals surface area contributed by atoms with Gasteiger partial charge in [0.25, 0.3) is 0 Å². The lowest BCUT2D eigenvalue weighted by molar-refractivity contribution is 0.579. The van der Waals surface area contributed by atoms with Crippen molar-refractivity contribution < 1.29 is 0 Å². The van der Waals surface area contributed by atoms with Gasteiger partial charge in [-0.3, -0.25) is 5.43 Å². The molecule has 0 aliphatic heterocycles. The lowest BCUT2D eigenvalue weighted by Gasteiger charge is -2.28. The average Bonchev–Trinajstić information content (AvgIpc) is 2.69. The molecule has 0 saturated carbocycles. The summed E-state index contributed by atoms with van der Waals surface area (Å²) in [6, 6.07) is 31.2. The van der Waals surface area contributed by atoms with Crippen LogP contribution < -0.4 is 21.1 Å². The van der Waals surface area contributed by atoms with Crippen LogP contribution in [0.3, 0.4) is 0 Å². The maximum atomic E-state index is 4.73. The second kappa shape index (κ2) is 8.83. The number of para-hydroxylation sites is 1. The highest BCUT2D eigenvalue weighted by Gasteiger charge is 2.24. The van der Waals surface area contributed by atoms with Crippen molar-refractivity contribution in [3.8, 4) is 0 Å². The molecule has 27 heavy (non-hydrogen) atoms. The summed E-state index contributed by atoms with van der Waals surface area (Å²) in [5.74, 6) is 0.935. The molecule has 3 aromatic rings. The highest BCUT2D eigenvalue weighted by molar-refractivity contribution is 7.71. The zero-order valence-electron chi connectivity index (χ0n) is 16.1. The van der Waals surface area contributed by atoms with Crippen molar-refractivity contribution in [2.24, 2.45) is 10.5 Å². The van der Waals surface area contributed by atoms with Crippen molar-refractivity contribution in [2.45, 2.75) is 20.8 Å². The molecule has 0 radical (unpaired) electrons. The molecule has 3 nitrogen and oxygen atoms in total. The first-order valence-corrected chi connectivity index (χ1v) is 10.4. The number of amidine groups is 1. The Morgan fingerprint density at radius 2 is 1.15 bits per heavy atom. The number of anilines is 1. The number of hydrogen-bond donors (Lipinski definition) is 2. The fourth-order valence-corrected chi connectivity index (χ4v) is 4.63. The fraction of sp³-hybridized carbons (Fsp3) is 0.174. The number of benzene rings is 3. The molecule has 0 aliphatic carbocycles. The maximum absolute atomic E-state index is 4.73. The Balaban J connectivity index is 1.93. The minimum absolute atomic E-state index is 0.119. The smallest absolute Gasteiger partial charge is 0.131 e. The Morgan fingerprint density at radius 1 is 0.704 bits per heavy atom. The summed E-state index contributed by atoms with van der Waals surface area (Å²) in [5.41, 5.74) is 4.05. The molecule has 138 valence electrons. The molecular formula is C23H26N3P. The molecule has 3 rings (SSSR count). The van der Waals surface area contributed by atoms with Crippen molar-refractivity contribution in [2.75, 3.05) is 5.43 Å². The third-order valence-corrected chi connectivity index (χ3v) is 6.09. The number of rotatable bonds is 5. The molecule has 0 heterocycles. The number of nitrogens with zero attached hydrogens (tertiary/aromatic N) is 1. The largest absolute Gasteiger partial charge is 0.343 e. The van der Waals surface area contributed by atoms with Crippen LogP contribution in [0.2, 0.25) is 0 Å². The quantitative estimate of drug-likeness (QED) is 0.282. The normalized spacial score (nSPS) is 12.1. The molecule has 0 spiro atoms. The van der Waals surface area contributed by atoms with E-state index in [4.69, 9.17) is 5.10 Å². The minimum atomic E-state index is -0.756. The van der Waals surface area contributed by atoms with E-state index in [1.807, 2.05) is 30.3 Å². The van der Waals surface area contributed by atoms with Gasteiger partial charge in [0.15, 0.2) is 0 Å². The van der Waals surface area contributed by atoms with Gasteiger partial charge >= 0.3 is 0 Å². The van der Waals surface area contributed by atoms with E-state index in [-0.39, 0.29) is 5.41 Å². The standard InChI is InChI=1S/C23H26N3P/c1-23(2,3)22(25-24-19-13-7-4-8-14-19)26-27(20-15-9-5-10-16-20)21-17-11-6-12-18-21/h4-18,24H,1-3H3,(H,25,26). The lowest BCUT2D eigenvalue weighted by Crippen LogP contribution is -2.37. The van der Waals surface area contributed by atoms with E-state index in [1.54, 1.807) is 0 Å². The third-order valence-electron chi connectivity index (χ3n) is 4.03. The molecular weight excluding hydrogens is 349 g/mol. The molecule has 0 bridgehead atoms. The van der Waals surface area contributed by atoms with Crippen molar-refractivity contribution in [3.63, 3.8) is 0 Å². The fourth-order valence-electron chi connectivity index (χ4n) is 2.53. The molecule has 0 unspecified atom stereocenters. The average molecular weight is 375 g/mol. The van der Waals surface area contributed by atoms with Crippen molar-refractivity contribution >= 4 is 30.2 Å². The van der Waals surface area contributed by atoms with Crippen LogP contribution in [-0.2, 0) is 0 Å². The van der Waals surface area contributed by atoms with Crippen LogP contribution in [0.1, 0.15) is 20.8 Å². The second-order valence-electron chi connectivity index (χ2n) is 7.31. The molecule has 0 atom stereocenters. The SMILES string of the molecule is CC(C)(C)C(=NNc1ccccc1)NP(c1ccccc1)c1ccccc1. The van der Waals surface area contributed by atoms with E-state index >= 15 is 0 Å². The Bertz CT molecular complexity index is 817. The van der Waals surface area contributed by atoms with Crippen LogP contribution in [0.5, 0.6) is 0 Å². The summed E-state index contributed by atoms with van der Waals surface area (Å²) < 4.78 is 0. The lowest BCUT2D eigenvalue weighted by atomic mass is 9.96. The molecule has 4 heteroatoms. The van der Waals surface area contributed by atoms with E-state index in [1.165, 1.54) is 10.6 Å². The summed E-state index contributed by atoms with van der Waals surface area (Å²) in [7, 11) is -0.756. The Kier molecular flexibility index (Phi) is 6.26. The number of nitrogens with one attached hydrogen (secondary N) is 2. The van der Waals surface area contributed by atoms with Gasteiger partial charge < -0.3 is 5.09 Å². The first kappa shape index (κ1) is 19.1. The van der Waals surface area contributed by atoms with Gasteiger partial charge in [0.05, 0.1) is 13.8 Å². The van der Waals surface area contributed by atoms with Gasteiger partial charge in [-0.2, -0.15) is 5.10 Å². The number of hydrazone groups is 1. The van der Waals surface area contributed by atoms with Gasteiger partial charge in [0, 0.05) is 16.0 Å². The molecule has 0 fully saturated rings. The Hall–Kier alpha value is -2.64. The van der Waals surface area contributed by atoms with E-state index in [9.17, 15) is 0 Å². The zero-order valence-corrected chi connectivity index (χ0v) is 16.9. The summed E-state index contributed by atoms with van der Waals surface area (Å²) in [6.45, 7) is 6.53. The molecule has 0 aliphatic rings. The minimum Gasteiger partial charge on any atom is -0.343 e. The van der Waals surface area contributed by atoms with Gasteiger partial charge in [-0.15, -0.1) is 0 Å². The van der Waals surface area contributed by atoms with Crippen molar-refractivity contribution in [1.82, 2.24) is 5.09 Å². The highest BCUT2D eigenvalue weighted by atomic mass is 31.1. The Labute approximate surface area is 163 Å². The predicted octanol–water partition coefficient (Wildman–Crippen LogP) is 5.10. The van der Waals surface area contributed by atoms with Gasteiger partial charge in [0.2, 0.25) is 0 Å². The monoisotopic (exact) mass is 375 g/mol. The summed E-state index contributed by atoms with van der Waals surface area (Å²) >= 11 is 0. The molecule has 0 amide bonds. The summed E-state index contributed by atoms with van der Waals surface area (Å²) in [6.07, 6.45) is 0. The Morgan fingerprint density at radius 3 is 1.59 bits per heavy atom. The highest BCUT2D eigenvalue weighted by Crippen LogP contribution is 2.31. The van der Waals surface area contributed by atoms with Crippen molar-refractivity contribution in [1.29, 1.82) is 0 Å². The van der Waals surface area contributed by atoms with E-state index in [0.29, 0.717) is 0 Å². The van der Waals surface area contributed by atoms with Crippen LogP contribution >= 0.6 is 8.07 Å². The predicted molar refractivity (Wildman–Crippen MR) is 119 cm³/mol. The third kappa shape index (κ3) is 5.42. The maximum Gasteiger partial charge on any atom is 0.131 e. The topological polar surface area (TPSA) is 36.4 Å². The van der Waals surface area contributed by atoms with Gasteiger partial charge in [-0.1, -0.05) is 99.6 Å². The van der Waals surface area contributed by atoms with E-state index < -0.39 is 8.07 Å². The van der Waals surface area contributed by atoms with E-state index in [2.05, 4.69) is 91.9 Å². The van der Waals surface area contributed by atoms with Crippen LogP contribution in [0.4, 0.5) is 5.69 Å². The van der Waals surface area contributed by atoms with Crippen molar-refractivity contribution in [3.05, 3.63) is 91.0 Å². The van der Waals surface area contributed by atoms with Gasteiger partial charge in [0.1, 0.15) is 5.84 Å².